The van der Waals surface area contributed by atoms with Crippen molar-refractivity contribution in [1.82, 2.24) is 9.47 Å². The normalized spacial score (nSPS) is 27.2. The van der Waals surface area contributed by atoms with Crippen molar-refractivity contribution >= 4 is 16.8 Å². The van der Waals surface area contributed by atoms with Crippen molar-refractivity contribution in [2.75, 3.05) is 19.7 Å². The molecule has 0 radical (unpaired) electrons. The second kappa shape index (κ2) is 5.86. The van der Waals surface area contributed by atoms with E-state index in [1.54, 1.807) is 15.5 Å². The maximum Gasteiger partial charge on any atom is 0.242 e. The molecule has 2 aliphatic heterocycles. The quantitative estimate of drug-likeness (QED) is 0.914. The highest BCUT2D eigenvalue weighted by Gasteiger charge is 2.47. The zero-order valence-electron chi connectivity index (χ0n) is 13.4. The molecule has 2 atom stereocenters. The molecule has 24 heavy (non-hydrogen) atoms. The summed E-state index contributed by atoms with van der Waals surface area (Å²) in [5.74, 6) is -0.340. The first-order chi connectivity index (χ1) is 11.6. The van der Waals surface area contributed by atoms with E-state index in [0.717, 1.165) is 18.2 Å². The van der Waals surface area contributed by atoms with Gasteiger partial charge in [0.1, 0.15) is 18.0 Å². The van der Waals surface area contributed by atoms with Crippen molar-refractivity contribution in [1.29, 1.82) is 0 Å². The van der Waals surface area contributed by atoms with Gasteiger partial charge in [0.25, 0.3) is 0 Å². The molecule has 1 spiro atoms. The van der Waals surface area contributed by atoms with Gasteiger partial charge in [0.2, 0.25) is 5.91 Å². The minimum absolute atomic E-state index is 0.0291. The number of halogens is 1. The molecular formula is C18H21FN2O3. The summed E-state index contributed by atoms with van der Waals surface area (Å²) in [6.45, 7) is 1.76. The Bertz CT molecular complexity index is 767. The monoisotopic (exact) mass is 332 g/mol. The number of carbonyl (C=O) groups excluding carboxylic acids is 1. The SMILES string of the molecule is O=C(Cn1ccc2ccc(F)cc21)N1CC[C@H](O)[C@]2(CCCO2)C1. The summed E-state index contributed by atoms with van der Waals surface area (Å²) >= 11 is 0. The molecule has 1 amide bonds. The van der Waals surface area contributed by atoms with Crippen molar-refractivity contribution in [3.05, 3.63) is 36.3 Å². The molecule has 2 aliphatic rings. The van der Waals surface area contributed by atoms with Crippen LogP contribution in [0.5, 0.6) is 0 Å². The lowest BCUT2D eigenvalue weighted by molar-refractivity contribution is -0.155. The number of likely N-dealkylation sites (tertiary alicyclic amines) is 1. The molecule has 2 aromatic rings. The van der Waals surface area contributed by atoms with Crippen LogP contribution >= 0.6 is 0 Å². The zero-order valence-corrected chi connectivity index (χ0v) is 13.4. The average Bonchev–Trinajstić information content (AvgIpc) is 3.18. The Morgan fingerprint density at radius 2 is 2.29 bits per heavy atom. The van der Waals surface area contributed by atoms with Crippen LogP contribution in [0.3, 0.4) is 0 Å². The van der Waals surface area contributed by atoms with E-state index in [1.807, 2.05) is 12.3 Å². The molecule has 0 saturated carbocycles. The van der Waals surface area contributed by atoms with Crippen LogP contribution in [0, 0.1) is 5.82 Å². The first kappa shape index (κ1) is 15.6. The lowest BCUT2D eigenvalue weighted by Crippen LogP contribution is -2.58. The number of carbonyl (C=O) groups is 1. The van der Waals surface area contributed by atoms with Crippen LogP contribution in [-0.4, -0.2) is 51.9 Å². The smallest absolute Gasteiger partial charge is 0.242 e. The van der Waals surface area contributed by atoms with Gasteiger partial charge in [0, 0.05) is 19.3 Å². The first-order valence-electron chi connectivity index (χ1n) is 8.42. The average molecular weight is 332 g/mol. The van der Waals surface area contributed by atoms with Crippen LogP contribution in [0.2, 0.25) is 0 Å². The number of hydrogen-bond acceptors (Lipinski definition) is 3. The van der Waals surface area contributed by atoms with Crippen LogP contribution in [0.25, 0.3) is 10.9 Å². The second-order valence-electron chi connectivity index (χ2n) is 6.78. The van der Waals surface area contributed by atoms with Crippen LogP contribution in [0.4, 0.5) is 4.39 Å². The van der Waals surface area contributed by atoms with Gasteiger partial charge >= 0.3 is 0 Å². The Hall–Kier alpha value is -1.92. The van der Waals surface area contributed by atoms with E-state index in [0.29, 0.717) is 31.6 Å². The number of piperidine rings is 1. The molecule has 1 aromatic heterocycles. The number of fused-ring (bicyclic) bond motifs is 1. The lowest BCUT2D eigenvalue weighted by Gasteiger charge is -2.43. The van der Waals surface area contributed by atoms with Gasteiger partial charge in [-0.15, -0.1) is 0 Å². The van der Waals surface area contributed by atoms with E-state index in [1.165, 1.54) is 12.1 Å². The number of aliphatic hydroxyl groups excluding tert-OH is 1. The molecule has 0 bridgehead atoms. The number of ether oxygens (including phenoxy) is 1. The van der Waals surface area contributed by atoms with Gasteiger partial charge in [-0.1, -0.05) is 0 Å². The minimum Gasteiger partial charge on any atom is -0.390 e. The fraction of sp³-hybridized carbons (Fsp3) is 0.500. The van der Waals surface area contributed by atoms with Gasteiger partial charge in [0.15, 0.2) is 0 Å². The number of amides is 1. The van der Waals surface area contributed by atoms with Crippen molar-refractivity contribution in [3.8, 4) is 0 Å². The summed E-state index contributed by atoms with van der Waals surface area (Å²) in [7, 11) is 0. The van der Waals surface area contributed by atoms with Crippen LogP contribution < -0.4 is 0 Å². The largest absolute Gasteiger partial charge is 0.390 e. The van der Waals surface area contributed by atoms with Crippen LogP contribution in [0.15, 0.2) is 30.5 Å². The summed E-state index contributed by atoms with van der Waals surface area (Å²) in [6.07, 6.45) is 3.54. The lowest BCUT2D eigenvalue weighted by atomic mass is 9.87. The predicted octanol–water partition coefficient (Wildman–Crippen LogP) is 1.92. The Morgan fingerprint density at radius 3 is 3.08 bits per heavy atom. The van der Waals surface area contributed by atoms with E-state index in [9.17, 15) is 14.3 Å². The summed E-state index contributed by atoms with van der Waals surface area (Å²) < 4.78 is 21.0. The second-order valence-corrected chi connectivity index (χ2v) is 6.78. The summed E-state index contributed by atoms with van der Waals surface area (Å²) in [6, 6.07) is 6.46. The fourth-order valence-corrected chi connectivity index (χ4v) is 3.91. The van der Waals surface area contributed by atoms with Gasteiger partial charge in [-0.05, 0) is 48.9 Å². The predicted molar refractivity (Wildman–Crippen MR) is 87.0 cm³/mol. The molecule has 1 aromatic carbocycles. The Kier molecular flexibility index (Phi) is 3.81. The zero-order chi connectivity index (χ0) is 16.7. The topological polar surface area (TPSA) is 54.7 Å². The molecule has 3 heterocycles. The third-order valence-electron chi connectivity index (χ3n) is 5.27. The van der Waals surface area contributed by atoms with E-state index in [-0.39, 0.29) is 18.3 Å². The van der Waals surface area contributed by atoms with Gasteiger partial charge in [-0.3, -0.25) is 4.79 Å². The number of hydrogen-bond donors (Lipinski definition) is 1. The number of nitrogens with zero attached hydrogens (tertiary/aromatic N) is 2. The Balaban J connectivity index is 1.52. The number of aliphatic hydroxyl groups is 1. The summed E-state index contributed by atoms with van der Waals surface area (Å²) in [4.78, 5) is 14.5. The molecule has 5 nitrogen and oxygen atoms in total. The maximum atomic E-state index is 13.5. The molecule has 2 fully saturated rings. The van der Waals surface area contributed by atoms with Crippen molar-refractivity contribution in [2.24, 2.45) is 0 Å². The van der Waals surface area contributed by atoms with Crippen molar-refractivity contribution < 1.29 is 19.0 Å². The van der Waals surface area contributed by atoms with Gasteiger partial charge < -0.3 is 19.3 Å². The van der Waals surface area contributed by atoms with Crippen molar-refractivity contribution in [3.63, 3.8) is 0 Å². The van der Waals surface area contributed by atoms with E-state index in [2.05, 4.69) is 0 Å². The van der Waals surface area contributed by atoms with Gasteiger partial charge in [0.05, 0.1) is 18.2 Å². The fourth-order valence-electron chi connectivity index (χ4n) is 3.91. The van der Waals surface area contributed by atoms with Gasteiger partial charge in [-0.25, -0.2) is 4.39 Å². The van der Waals surface area contributed by atoms with Gasteiger partial charge in [-0.2, -0.15) is 0 Å². The van der Waals surface area contributed by atoms with E-state index < -0.39 is 11.7 Å². The van der Waals surface area contributed by atoms with Crippen molar-refractivity contribution in [2.45, 2.75) is 37.5 Å². The van der Waals surface area contributed by atoms with Crippen LogP contribution in [0.1, 0.15) is 19.3 Å². The third kappa shape index (κ3) is 2.59. The molecule has 1 N–H and O–H groups in total. The Morgan fingerprint density at radius 1 is 1.42 bits per heavy atom. The third-order valence-corrected chi connectivity index (χ3v) is 5.27. The van der Waals surface area contributed by atoms with E-state index >= 15 is 0 Å². The number of rotatable bonds is 2. The standard InChI is InChI=1S/C18H21FN2O3/c19-14-3-2-13-4-7-20(15(13)10-14)11-17(23)21-8-5-16(22)18(12-21)6-1-9-24-18/h2-4,7,10,16,22H,1,5-6,8-9,11-12H2/t16-,18-/m0/s1. The highest BCUT2D eigenvalue weighted by molar-refractivity contribution is 5.83. The summed E-state index contributed by atoms with van der Waals surface area (Å²) in [5.41, 5.74) is 0.117. The van der Waals surface area contributed by atoms with E-state index in [4.69, 9.17) is 4.74 Å². The maximum absolute atomic E-state index is 13.5. The molecule has 6 heteroatoms. The summed E-state index contributed by atoms with van der Waals surface area (Å²) in [5, 5.41) is 11.2. The number of benzene rings is 1. The molecular weight excluding hydrogens is 311 g/mol. The minimum atomic E-state index is -0.598. The Labute approximate surface area is 139 Å². The molecule has 0 unspecified atom stereocenters. The molecule has 0 aliphatic carbocycles. The molecule has 128 valence electrons. The molecule has 4 rings (SSSR count). The number of aromatic nitrogens is 1. The first-order valence-corrected chi connectivity index (χ1v) is 8.42. The highest BCUT2D eigenvalue weighted by atomic mass is 19.1. The molecule has 2 saturated heterocycles. The highest BCUT2D eigenvalue weighted by Crippen LogP contribution is 2.35. The van der Waals surface area contributed by atoms with Crippen LogP contribution in [-0.2, 0) is 16.1 Å².